The average Bonchev–Trinajstić information content (AvgIpc) is 3.60. The monoisotopic (exact) mass is 642 g/mol. The highest BCUT2D eigenvalue weighted by Crippen LogP contribution is 2.72. The molecule has 236 valence electrons. The summed E-state index contributed by atoms with van der Waals surface area (Å²) in [5.74, 6) is -0.264. The molecule has 1 saturated heterocycles. The van der Waals surface area contributed by atoms with Gasteiger partial charge in [0.05, 0.1) is 0 Å². The summed E-state index contributed by atoms with van der Waals surface area (Å²) in [6.45, 7) is 15.0. The molecule has 3 heteroatoms. The zero-order valence-corrected chi connectivity index (χ0v) is 28.1. The van der Waals surface area contributed by atoms with Crippen molar-refractivity contribution < 1.29 is 14.3 Å². The van der Waals surface area contributed by atoms with E-state index in [0.29, 0.717) is 37.7 Å². The molecule has 5 unspecified atom stereocenters. The molecule has 5 aliphatic rings. The van der Waals surface area contributed by atoms with Gasteiger partial charge in [0, 0.05) is 47.7 Å². The molecular weight excluding hydrogens is 613 g/mol. The summed E-state index contributed by atoms with van der Waals surface area (Å²) in [6, 6.07) is 0. The van der Waals surface area contributed by atoms with Crippen molar-refractivity contribution in [2.24, 2.45) is 28.6 Å². The number of carbonyl (C=O) groups excluding carboxylic acids is 2. The van der Waals surface area contributed by atoms with Gasteiger partial charge in [-0.15, -0.1) is 0 Å². The van der Waals surface area contributed by atoms with Crippen LogP contribution in [0.15, 0.2) is 174 Å². The third kappa shape index (κ3) is 6.52. The topological polar surface area (TPSA) is 43.4 Å². The molecule has 4 aliphatic carbocycles. The lowest BCUT2D eigenvalue weighted by atomic mass is 9.44. The average molecular weight is 643 g/mol. The second-order valence-corrected chi connectivity index (χ2v) is 12.9. The molecule has 0 N–H and O–H groups in total. The highest BCUT2D eigenvalue weighted by atomic mass is 16.6. The number of hydrogen-bond acceptors (Lipinski definition) is 3. The third-order valence-electron chi connectivity index (χ3n) is 10.6. The molecular formula is C47H30O3. The van der Waals surface area contributed by atoms with Crippen LogP contribution in [0.3, 0.4) is 0 Å². The van der Waals surface area contributed by atoms with Gasteiger partial charge in [0.25, 0.3) is 0 Å². The van der Waals surface area contributed by atoms with E-state index in [2.05, 4.69) is 160 Å². The SMILES string of the molecule is C=C=C=C=C=C=C=C=C=C=C=C=C=C=C1CC2(CCC(=O)O2)C2(C)CCC3C(C(=C=C=C=C=C=C)C(=C=C=C=C=C)C4=CC(=O)CCC43C)[C@H]12. The zero-order valence-electron chi connectivity index (χ0n) is 28.1. The maximum atomic E-state index is 12.9. The van der Waals surface area contributed by atoms with Crippen LogP contribution in [0.5, 0.6) is 0 Å². The Kier molecular flexibility index (Phi) is 10.4. The van der Waals surface area contributed by atoms with Crippen LogP contribution in [0.25, 0.3) is 0 Å². The molecule has 1 aliphatic heterocycles. The highest BCUT2D eigenvalue weighted by Gasteiger charge is 2.70. The number of esters is 1. The van der Waals surface area contributed by atoms with Crippen molar-refractivity contribution in [3.8, 4) is 0 Å². The number of fused-ring (bicyclic) bond motifs is 6. The van der Waals surface area contributed by atoms with Gasteiger partial charge in [-0.1, -0.05) is 48.2 Å². The summed E-state index contributed by atoms with van der Waals surface area (Å²) in [4.78, 5) is 25.7. The minimum Gasteiger partial charge on any atom is -0.458 e. The Balaban J connectivity index is 1.87. The number of carbonyl (C=O) groups is 2. The van der Waals surface area contributed by atoms with Crippen LogP contribution in [-0.4, -0.2) is 17.4 Å². The van der Waals surface area contributed by atoms with Crippen LogP contribution in [-0.2, 0) is 14.3 Å². The predicted molar refractivity (Wildman–Crippen MR) is 186 cm³/mol. The first-order chi connectivity index (χ1) is 24.2. The second kappa shape index (κ2) is 15.0. The fourth-order valence-electron chi connectivity index (χ4n) is 8.51. The summed E-state index contributed by atoms with van der Waals surface area (Å²) in [6.07, 6.45) is 6.08. The van der Waals surface area contributed by atoms with Crippen molar-refractivity contribution in [3.05, 3.63) is 174 Å². The van der Waals surface area contributed by atoms with Gasteiger partial charge >= 0.3 is 5.97 Å². The number of ketones is 1. The number of rotatable bonds is 0. The Hall–Kier alpha value is -6.74. The van der Waals surface area contributed by atoms with Gasteiger partial charge < -0.3 is 4.74 Å². The normalized spacial score (nSPS) is 28.4. The predicted octanol–water partition coefficient (Wildman–Crippen LogP) is 8.50. The molecule has 1 spiro atoms. The molecule has 0 aromatic carbocycles. The van der Waals surface area contributed by atoms with Crippen LogP contribution in [0, 0.1) is 28.6 Å². The summed E-state index contributed by atoms with van der Waals surface area (Å²) in [5.41, 5.74) is 63.0. The van der Waals surface area contributed by atoms with E-state index < -0.39 is 11.0 Å². The smallest absolute Gasteiger partial charge is 0.306 e. The Bertz CT molecular complexity index is 2570. The molecule has 5 rings (SSSR count). The summed E-state index contributed by atoms with van der Waals surface area (Å²) in [7, 11) is 0. The number of hydrogen-bond donors (Lipinski definition) is 0. The van der Waals surface area contributed by atoms with Gasteiger partial charge in [-0.25, -0.2) is 0 Å². The van der Waals surface area contributed by atoms with Crippen LogP contribution < -0.4 is 0 Å². The molecule has 0 aromatic rings. The lowest BCUT2D eigenvalue weighted by molar-refractivity contribution is -0.165. The molecule has 4 fully saturated rings. The van der Waals surface area contributed by atoms with E-state index in [1.807, 2.05) is 0 Å². The van der Waals surface area contributed by atoms with E-state index in [0.717, 1.165) is 29.6 Å². The first-order valence-corrected chi connectivity index (χ1v) is 16.2. The van der Waals surface area contributed by atoms with E-state index in [1.54, 1.807) is 6.08 Å². The van der Waals surface area contributed by atoms with E-state index in [-0.39, 0.29) is 34.9 Å². The molecule has 0 amide bonds. The van der Waals surface area contributed by atoms with Gasteiger partial charge in [0.1, 0.15) is 5.60 Å². The molecule has 1 heterocycles. The number of allylic oxidation sites excluding steroid dienone is 3. The van der Waals surface area contributed by atoms with E-state index >= 15 is 0 Å². The van der Waals surface area contributed by atoms with Gasteiger partial charge in [-0.2, -0.15) is 0 Å². The van der Waals surface area contributed by atoms with Crippen LogP contribution in [0.4, 0.5) is 0 Å². The first-order valence-electron chi connectivity index (χ1n) is 16.2. The zero-order chi connectivity index (χ0) is 35.6. The lowest BCUT2D eigenvalue weighted by Crippen LogP contribution is -2.55. The van der Waals surface area contributed by atoms with Crippen molar-refractivity contribution in [1.82, 2.24) is 0 Å². The van der Waals surface area contributed by atoms with Gasteiger partial charge in [0.15, 0.2) is 5.78 Å². The molecule has 0 aromatic heterocycles. The van der Waals surface area contributed by atoms with Gasteiger partial charge in [-0.3, -0.25) is 9.59 Å². The Morgan fingerprint density at radius 1 is 0.680 bits per heavy atom. The first kappa shape index (κ1) is 34.6. The van der Waals surface area contributed by atoms with E-state index in [1.165, 1.54) is 0 Å². The standard InChI is InChI=1S/C47H30O3/c1-6-9-12-14-15-16-17-18-19-20-21-23-25-36-35-47(33-30-42(49)50-47)46(5)32-29-40-43(44(36)46)39(27-24-13-10-7-2)38(26-22-11-8-3)41-34-37(48)28-31-45(40,41)4/h34,40,43-44H,1-3,28-33,35H2,4-5H3/t40?,43?,44-,45?,46?,47?/m0/s1. The fourth-order valence-corrected chi connectivity index (χ4v) is 8.51. The second-order valence-electron chi connectivity index (χ2n) is 12.9. The summed E-state index contributed by atoms with van der Waals surface area (Å²) < 4.78 is 6.28. The summed E-state index contributed by atoms with van der Waals surface area (Å²) >= 11 is 0. The number of ether oxygens (including phenoxy) is 1. The third-order valence-corrected chi connectivity index (χ3v) is 10.6. The van der Waals surface area contributed by atoms with Gasteiger partial charge in [0.2, 0.25) is 0 Å². The maximum absolute atomic E-state index is 12.9. The Morgan fingerprint density at radius 3 is 1.86 bits per heavy atom. The molecule has 50 heavy (non-hydrogen) atoms. The highest BCUT2D eigenvalue weighted by molar-refractivity contribution is 5.93. The van der Waals surface area contributed by atoms with Crippen molar-refractivity contribution in [2.45, 2.75) is 64.4 Å². The van der Waals surface area contributed by atoms with Crippen LogP contribution in [0.2, 0.25) is 0 Å². The quantitative estimate of drug-likeness (QED) is 0.197. The lowest BCUT2D eigenvalue weighted by Gasteiger charge is -2.59. The minimum absolute atomic E-state index is 0.0699. The molecule has 0 bridgehead atoms. The van der Waals surface area contributed by atoms with Crippen LogP contribution >= 0.6 is 0 Å². The van der Waals surface area contributed by atoms with Crippen LogP contribution in [0.1, 0.15) is 58.8 Å². The maximum Gasteiger partial charge on any atom is 0.306 e. The van der Waals surface area contributed by atoms with Crippen molar-refractivity contribution >= 4 is 11.8 Å². The van der Waals surface area contributed by atoms with E-state index in [4.69, 9.17) is 4.74 Å². The molecule has 0 radical (unpaired) electrons. The summed E-state index contributed by atoms with van der Waals surface area (Å²) in [5, 5.41) is 0. The van der Waals surface area contributed by atoms with Crippen molar-refractivity contribution in [2.75, 3.05) is 0 Å². The Labute approximate surface area is 292 Å². The van der Waals surface area contributed by atoms with E-state index in [9.17, 15) is 9.59 Å². The minimum atomic E-state index is -0.692. The Morgan fingerprint density at radius 2 is 1.24 bits per heavy atom. The van der Waals surface area contributed by atoms with Gasteiger partial charge in [-0.05, 0) is 166 Å². The molecule has 6 atom stereocenters. The molecule has 3 nitrogen and oxygen atoms in total. The largest absolute Gasteiger partial charge is 0.458 e. The van der Waals surface area contributed by atoms with Crippen molar-refractivity contribution in [1.29, 1.82) is 0 Å². The van der Waals surface area contributed by atoms with Crippen molar-refractivity contribution in [3.63, 3.8) is 0 Å². The molecule has 3 saturated carbocycles. The fraction of sp³-hybridized carbons (Fsp3) is 0.319.